The molecule has 1 aliphatic heterocycles. The summed E-state index contributed by atoms with van der Waals surface area (Å²) in [7, 11) is 0. The SMILES string of the molecule is CCN1/C(=C/C=C(\C)N(c2ccccc2)c2ccc3c(c2)c2cc(C)ccc2n3-c2ccccc2)C(C)c2ccccc21. The van der Waals surface area contributed by atoms with Crippen molar-refractivity contribution in [3.05, 3.63) is 156 Å². The van der Waals surface area contributed by atoms with Crippen molar-refractivity contribution in [2.24, 2.45) is 0 Å². The zero-order valence-corrected chi connectivity index (χ0v) is 25.3. The molecular weight excluding hydrogens is 522 g/mol. The molecule has 212 valence electrons. The van der Waals surface area contributed by atoms with Crippen LogP contribution in [0.3, 0.4) is 0 Å². The molecule has 6 aromatic rings. The lowest BCUT2D eigenvalue weighted by Crippen LogP contribution is -2.19. The Morgan fingerprint density at radius 2 is 1.40 bits per heavy atom. The Kier molecular flexibility index (Phi) is 6.87. The molecule has 3 nitrogen and oxygen atoms in total. The van der Waals surface area contributed by atoms with E-state index in [0.29, 0.717) is 5.92 Å². The lowest BCUT2D eigenvalue weighted by Gasteiger charge is -2.26. The maximum Gasteiger partial charge on any atom is 0.0542 e. The van der Waals surface area contributed by atoms with Crippen molar-refractivity contribution in [1.82, 2.24) is 4.57 Å². The average molecular weight is 560 g/mol. The number of hydrogen-bond donors (Lipinski definition) is 0. The van der Waals surface area contributed by atoms with Crippen LogP contribution in [-0.4, -0.2) is 11.1 Å². The summed E-state index contributed by atoms with van der Waals surface area (Å²) in [6.45, 7) is 9.89. The number of para-hydroxylation sites is 3. The molecule has 0 fully saturated rings. The Morgan fingerprint density at radius 1 is 0.744 bits per heavy atom. The van der Waals surface area contributed by atoms with Gasteiger partial charge in [0.15, 0.2) is 0 Å². The fourth-order valence-electron chi connectivity index (χ4n) is 6.75. The standard InChI is InChI=1S/C40H37N3/c1-5-41-37(30(4)34-18-12-13-19-38(34)41)24-21-29(3)42(31-14-8-6-9-15-31)33-22-25-40-36(27-33)35-26-28(2)20-23-39(35)43(40)32-16-10-7-11-17-32/h6-27,30H,5H2,1-4H3/b29-21+,37-24+. The zero-order chi connectivity index (χ0) is 29.5. The summed E-state index contributed by atoms with van der Waals surface area (Å²) < 4.78 is 2.38. The molecule has 0 radical (unpaired) electrons. The Balaban J connectivity index is 1.38. The van der Waals surface area contributed by atoms with Crippen molar-refractivity contribution < 1.29 is 0 Å². The van der Waals surface area contributed by atoms with Gasteiger partial charge in [0.1, 0.15) is 0 Å². The van der Waals surface area contributed by atoms with Crippen molar-refractivity contribution in [3.63, 3.8) is 0 Å². The molecule has 7 rings (SSSR count). The van der Waals surface area contributed by atoms with Crippen LogP contribution in [0.1, 0.15) is 37.8 Å². The van der Waals surface area contributed by atoms with Crippen LogP contribution in [0.5, 0.6) is 0 Å². The molecule has 2 heterocycles. The molecule has 0 saturated heterocycles. The molecule has 1 atom stereocenters. The first-order valence-corrected chi connectivity index (χ1v) is 15.3. The summed E-state index contributed by atoms with van der Waals surface area (Å²) in [5, 5.41) is 2.53. The molecule has 0 spiro atoms. The molecule has 1 unspecified atom stereocenters. The molecular formula is C40H37N3. The van der Waals surface area contributed by atoms with E-state index in [2.05, 4.69) is 176 Å². The highest BCUT2D eigenvalue weighted by Gasteiger charge is 2.29. The third-order valence-corrected chi connectivity index (χ3v) is 8.80. The van der Waals surface area contributed by atoms with Crippen molar-refractivity contribution in [1.29, 1.82) is 0 Å². The van der Waals surface area contributed by atoms with E-state index in [4.69, 9.17) is 0 Å². The first-order chi connectivity index (χ1) is 21.0. The lowest BCUT2D eigenvalue weighted by molar-refractivity contribution is 0.870. The van der Waals surface area contributed by atoms with E-state index >= 15 is 0 Å². The van der Waals surface area contributed by atoms with Crippen molar-refractivity contribution in [2.45, 2.75) is 33.6 Å². The number of allylic oxidation sites excluding steroid dienone is 4. The number of aryl methyl sites for hydroxylation is 1. The van der Waals surface area contributed by atoms with Gasteiger partial charge in [-0.3, -0.25) is 0 Å². The summed E-state index contributed by atoms with van der Waals surface area (Å²) in [4.78, 5) is 4.82. The average Bonchev–Trinajstić information content (AvgIpc) is 3.51. The number of aromatic nitrogens is 1. The molecule has 3 heteroatoms. The molecule has 0 N–H and O–H groups in total. The van der Waals surface area contributed by atoms with Gasteiger partial charge < -0.3 is 14.4 Å². The van der Waals surface area contributed by atoms with Crippen LogP contribution >= 0.6 is 0 Å². The van der Waals surface area contributed by atoms with Gasteiger partial charge in [-0.25, -0.2) is 0 Å². The van der Waals surface area contributed by atoms with E-state index in [-0.39, 0.29) is 0 Å². The van der Waals surface area contributed by atoms with Crippen molar-refractivity contribution in [2.75, 3.05) is 16.3 Å². The third-order valence-electron chi connectivity index (χ3n) is 8.80. The second kappa shape index (κ2) is 11.0. The Labute approximate surface area is 254 Å². The van der Waals surface area contributed by atoms with E-state index < -0.39 is 0 Å². The second-order valence-corrected chi connectivity index (χ2v) is 11.5. The van der Waals surface area contributed by atoms with E-state index in [9.17, 15) is 0 Å². The number of hydrogen-bond acceptors (Lipinski definition) is 2. The molecule has 43 heavy (non-hydrogen) atoms. The van der Waals surface area contributed by atoms with Gasteiger partial charge in [-0.1, -0.05) is 73.2 Å². The summed E-state index contributed by atoms with van der Waals surface area (Å²) >= 11 is 0. The molecule has 1 aromatic heterocycles. The Bertz CT molecular complexity index is 2000. The van der Waals surface area contributed by atoms with Crippen LogP contribution in [0.2, 0.25) is 0 Å². The smallest absolute Gasteiger partial charge is 0.0542 e. The van der Waals surface area contributed by atoms with Crippen molar-refractivity contribution >= 4 is 38.9 Å². The number of benzene rings is 5. The normalized spacial score (nSPS) is 15.9. The Hall–Kier alpha value is -5.02. The maximum atomic E-state index is 2.45. The molecule has 0 amide bonds. The van der Waals surface area contributed by atoms with Gasteiger partial charge in [0, 0.05) is 57.4 Å². The van der Waals surface area contributed by atoms with Gasteiger partial charge in [-0.05, 0) is 99.2 Å². The van der Waals surface area contributed by atoms with Crippen LogP contribution in [0.15, 0.2) is 145 Å². The molecule has 0 saturated carbocycles. The summed E-state index contributed by atoms with van der Waals surface area (Å²) in [5.41, 5.74) is 12.4. The topological polar surface area (TPSA) is 11.4 Å². The molecule has 0 bridgehead atoms. The van der Waals surface area contributed by atoms with Crippen LogP contribution in [0.4, 0.5) is 17.1 Å². The van der Waals surface area contributed by atoms with Gasteiger partial charge in [-0.2, -0.15) is 0 Å². The van der Waals surface area contributed by atoms with Crippen LogP contribution in [0.25, 0.3) is 27.5 Å². The summed E-state index contributed by atoms with van der Waals surface area (Å²) in [5.74, 6) is 0.356. The van der Waals surface area contributed by atoms with E-state index in [1.807, 2.05) is 0 Å². The van der Waals surface area contributed by atoms with E-state index in [1.165, 1.54) is 55.7 Å². The van der Waals surface area contributed by atoms with E-state index in [0.717, 1.165) is 17.9 Å². The minimum absolute atomic E-state index is 0.356. The fraction of sp³-hybridized carbons (Fsp3) is 0.150. The summed E-state index contributed by atoms with van der Waals surface area (Å²) in [6, 6.07) is 43.8. The van der Waals surface area contributed by atoms with Crippen LogP contribution in [-0.2, 0) is 0 Å². The number of fused-ring (bicyclic) bond motifs is 4. The van der Waals surface area contributed by atoms with E-state index in [1.54, 1.807) is 0 Å². The predicted octanol–water partition coefficient (Wildman–Crippen LogP) is 10.7. The number of anilines is 3. The number of nitrogens with zero attached hydrogens (tertiary/aromatic N) is 3. The van der Waals surface area contributed by atoms with Gasteiger partial charge in [0.25, 0.3) is 0 Å². The fourth-order valence-corrected chi connectivity index (χ4v) is 6.75. The monoisotopic (exact) mass is 559 g/mol. The second-order valence-electron chi connectivity index (χ2n) is 11.5. The molecule has 5 aromatic carbocycles. The van der Waals surface area contributed by atoms with Crippen LogP contribution < -0.4 is 9.80 Å². The molecule has 1 aliphatic rings. The largest absolute Gasteiger partial charge is 0.345 e. The quantitative estimate of drug-likeness (QED) is 0.201. The zero-order valence-electron chi connectivity index (χ0n) is 25.3. The van der Waals surface area contributed by atoms with Crippen LogP contribution in [0, 0.1) is 6.92 Å². The number of likely N-dealkylation sites (N-methyl/N-ethyl adjacent to an activating group) is 1. The van der Waals surface area contributed by atoms with Gasteiger partial charge in [0.05, 0.1) is 11.0 Å². The minimum atomic E-state index is 0.356. The minimum Gasteiger partial charge on any atom is -0.345 e. The first kappa shape index (κ1) is 26.9. The highest BCUT2D eigenvalue weighted by molar-refractivity contribution is 6.10. The van der Waals surface area contributed by atoms with Gasteiger partial charge >= 0.3 is 0 Å². The Morgan fingerprint density at radius 3 is 2.14 bits per heavy atom. The molecule has 0 aliphatic carbocycles. The number of rotatable bonds is 6. The highest BCUT2D eigenvalue weighted by Crippen LogP contribution is 2.43. The lowest BCUT2D eigenvalue weighted by atomic mass is 10.0. The van der Waals surface area contributed by atoms with Gasteiger partial charge in [-0.15, -0.1) is 0 Å². The predicted molar refractivity (Wildman–Crippen MR) is 184 cm³/mol. The van der Waals surface area contributed by atoms with Gasteiger partial charge in [0.2, 0.25) is 0 Å². The first-order valence-electron chi connectivity index (χ1n) is 15.3. The third kappa shape index (κ3) is 4.62. The maximum absolute atomic E-state index is 2.45. The van der Waals surface area contributed by atoms with Crippen molar-refractivity contribution in [3.8, 4) is 5.69 Å². The highest BCUT2D eigenvalue weighted by atomic mass is 15.2. The summed E-state index contributed by atoms with van der Waals surface area (Å²) in [6.07, 6.45) is 4.61.